The maximum absolute atomic E-state index is 5.54. The van der Waals surface area contributed by atoms with E-state index in [4.69, 9.17) is 5.73 Å². The molecule has 0 aliphatic carbocycles. The molecular weight excluding hydrogens is 178 g/mol. The van der Waals surface area contributed by atoms with E-state index in [0.717, 1.165) is 16.8 Å². The Morgan fingerprint density at radius 2 is 2.29 bits per heavy atom. The quantitative estimate of drug-likeness (QED) is 0.743. The predicted octanol–water partition coefficient (Wildman–Crippen LogP) is 0.429. The van der Waals surface area contributed by atoms with Crippen molar-refractivity contribution >= 4 is 0 Å². The van der Waals surface area contributed by atoms with Gasteiger partial charge in [0.25, 0.3) is 0 Å². The van der Waals surface area contributed by atoms with Gasteiger partial charge in [-0.15, -0.1) is 5.10 Å². The van der Waals surface area contributed by atoms with Gasteiger partial charge in [-0.25, -0.2) is 4.68 Å². The number of nitrogens with two attached hydrogens (primary N) is 1. The van der Waals surface area contributed by atoms with Crippen LogP contribution in [-0.4, -0.2) is 20.2 Å². The van der Waals surface area contributed by atoms with Crippen LogP contribution in [-0.2, 0) is 6.54 Å². The first-order valence-electron chi connectivity index (χ1n) is 4.34. The van der Waals surface area contributed by atoms with Gasteiger partial charge < -0.3 is 5.73 Å². The molecule has 0 aliphatic heterocycles. The zero-order chi connectivity index (χ0) is 9.97. The number of aromatic nitrogens is 4. The van der Waals surface area contributed by atoms with Gasteiger partial charge in [0.1, 0.15) is 6.33 Å². The van der Waals surface area contributed by atoms with E-state index in [-0.39, 0.29) is 0 Å². The summed E-state index contributed by atoms with van der Waals surface area (Å²) in [7, 11) is 0. The topological polar surface area (TPSA) is 69.6 Å². The summed E-state index contributed by atoms with van der Waals surface area (Å²) in [6.07, 6.45) is 1.57. The first-order valence-corrected chi connectivity index (χ1v) is 4.34. The van der Waals surface area contributed by atoms with Gasteiger partial charge in [0.15, 0.2) is 0 Å². The number of hydrogen-bond acceptors (Lipinski definition) is 4. The molecular formula is C9H11N5. The molecule has 0 fully saturated rings. The van der Waals surface area contributed by atoms with Gasteiger partial charge in [0.05, 0.1) is 5.69 Å². The summed E-state index contributed by atoms with van der Waals surface area (Å²) in [6.45, 7) is 2.56. The molecule has 0 bridgehead atoms. The highest BCUT2D eigenvalue weighted by molar-refractivity contribution is 5.41. The zero-order valence-corrected chi connectivity index (χ0v) is 7.88. The Hall–Kier alpha value is -1.75. The molecule has 1 aromatic carbocycles. The molecule has 1 heterocycles. The number of benzene rings is 1. The molecule has 5 heteroatoms. The van der Waals surface area contributed by atoms with Crippen molar-refractivity contribution in [2.45, 2.75) is 13.5 Å². The van der Waals surface area contributed by atoms with E-state index in [0.29, 0.717) is 6.54 Å². The number of tetrazole rings is 1. The minimum atomic E-state index is 0.552. The Balaban J connectivity index is 2.46. The van der Waals surface area contributed by atoms with Crippen LogP contribution in [0.1, 0.15) is 11.1 Å². The molecule has 0 saturated carbocycles. The molecule has 0 aliphatic rings. The summed E-state index contributed by atoms with van der Waals surface area (Å²) < 4.78 is 1.63. The second-order valence-corrected chi connectivity index (χ2v) is 3.08. The highest BCUT2D eigenvalue weighted by Crippen LogP contribution is 2.13. The Labute approximate surface area is 81.5 Å². The van der Waals surface area contributed by atoms with Crippen molar-refractivity contribution in [3.8, 4) is 5.69 Å². The average molecular weight is 189 g/mol. The van der Waals surface area contributed by atoms with E-state index < -0.39 is 0 Å². The number of nitrogens with zero attached hydrogens (tertiary/aromatic N) is 4. The maximum atomic E-state index is 5.54. The van der Waals surface area contributed by atoms with Crippen LogP contribution < -0.4 is 5.73 Å². The van der Waals surface area contributed by atoms with Crippen molar-refractivity contribution in [2.24, 2.45) is 5.73 Å². The van der Waals surface area contributed by atoms with E-state index >= 15 is 0 Å². The Morgan fingerprint density at radius 3 is 2.86 bits per heavy atom. The molecule has 14 heavy (non-hydrogen) atoms. The fourth-order valence-electron chi connectivity index (χ4n) is 1.37. The fraction of sp³-hybridized carbons (Fsp3) is 0.222. The van der Waals surface area contributed by atoms with Crippen LogP contribution in [0.4, 0.5) is 0 Å². The van der Waals surface area contributed by atoms with E-state index in [1.54, 1.807) is 11.0 Å². The molecule has 2 rings (SSSR count). The summed E-state index contributed by atoms with van der Waals surface area (Å²) in [4.78, 5) is 0. The van der Waals surface area contributed by atoms with Crippen LogP contribution in [0.3, 0.4) is 0 Å². The Kier molecular flexibility index (Phi) is 2.24. The smallest absolute Gasteiger partial charge is 0.143 e. The number of aryl methyl sites for hydroxylation is 1. The van der Waals surface area contributed by atoms with Crippen LogP contribution in [0.5, 0.6) is 0 Å². The number of rotatable bonds is 2. The van der Waals surface area contributed by atoms with Crippen molar-refractivity contribution in [1.82, 2.24) is 20.2 Å². The third kappa shape index (κ3) is 1.49. The lowest BCUT2D eigenvalue weighted by molar-refractivity contribution is 0.784. The third-order valence-electron chi connectivity index (χ3n) is 2.09. The van der Waals surface area contributed by atoms with E-state index in [1.165, 1.54) is 0 Å². The summed E-state index contributed by atoms with van der Waals surface area (Å²) in [5, 5.41) is 11.0. The molecule has 5 nitrogen and oxygen atoms in total. The molecule has 2 N–H and O–H groups in total. The third-order valence-corrected chi connectivity index (χ3v) is 2.09. The summed E-state index contributed by atoms with van der Waals surface area (Å²) >= 11 is 0. The molecule has 0 atom stereocenters. The minimum Gasteiger partial charge on any atom is -0.326 e. The fourth-order valence-corrected chi connectivity index (χ4v) is 1.37. The van der Waals surface area contributed by atoms with Crippen molar-refractivity contribution in [2.75, 3.05) is 0 Å². The first-order chi connectivity index (χ1) is 6.81. The molecule has 0 saturated heterocycles. The highest BCUT2D eigenvalue weighted by atomic mass is 15.5. The van der Waals surface area contributed by atoms with Gasteiger partial charge in [0.2, 0.25) is 0 Å². The molecule has 0 radical (unpaired) electrons. The Bertz CT molecular complexity index is 421. The Morgan fingerprint density at radius 1 is 1.43 bits per heavy atom. The normalized spacial score (nSPS) is 10.4. The molecule has 72 valence electrons. The predicted molar refractivity (Wildman–Crippen MR) is 51.8 cm³/mol. The van der Waals surface area contributed by atoms with Crippen molar-refractivity contribution < 1.29 is 0 Å². The second-order valence-electron chi connectivity index (χ2n) is 3.08. The minimum absolute atomic E-state index is 0.552. The van der Waals surface area contributed by atoms with Crippen LogP contribution in [0, 0.1) is 6.92 Å². The van der Waals surface area contributed by atoms with Gasteiger partial charge in [-0.2, -0.15) is 0 Å². The van der Waals surface area contributed by atoms with Crippen LogP contribution in [0.25, 0.3) is 5.69 Å². The van der Waals surface area contributed by atoms with Crippen molar-refractivity contribution in [3.05, 3.63) is 35.7 Å². The highest BCUT2D eigenvalue weighted by Gasteiger charge is 2.02. The van der Waals surface area contributed by atoms with Crippen LogP contribution in [0.15, 0.2) is 24.5 Å². The lowest BCUT2D eigenvalue weighted by Gasteiger charge is -2.05. The molecule has 0 amide bonds. The summed E-state index contributed by atoms with van der Waals surface area (Å²) in [6, 6.07) is 5.98. The van der Waals surface area contributed by atoms with Crippen molar-refractivity contribution in [1.29, 1.82) is 0 Å². The largest absolute Gasteiger partial charge is 0.326 e. The SMILES string of the molecule is Cc1cc(CN)ccc1-n1cnnn1. The molecule has 1 aromatic heterocycles. The second kappa shape index (κ2) is 3.55. The number of hydrogen-bond donors (Lipinski definition) is 1. The maximum Gasteiger partial charge on any atom is 0.143 e. The standard InChI is InChI=1S/C9H11N5/c1-7-4-8(5-10)2-3-9(7)14-6-11-12-13-14/h2-4,6H,5,10H2,1H3. The van der Waals surface area contributed by atoms with Gasteiger partial charge in [-0.05, 0) is 34.5 Å². The van der Waals surface area contributed by atoms with Gasteiger partial charge in [-0.3, -0.25) is 0 Å². The van der Waals surface area contributed by atoms with Crippen LogP contribution >= 0.6 is 0 Å². The van der Waals surface area contributed by atoms with Crippen molar-refractivity contribution in [3.63, 3.8) is 0 Å². The summed E-state index contributed by atoms with van der Waals surface area (Å²) in [5.41, 5.74) is 8.74. The van der Waals surface area contributed by atoms with E-state index in [1.807, 2.05) is 25.1 Å². The van der Waals surface area contributed by atoms with Gasteiger partial charge in [0, 0.05) is 6.54 Å². The van der Waals surface area contributed by atoms with Crippen LogP contribution in [0.2, 0.25) is 0 Å². The van der Waals surface area contributed by atoms with Gasteiger partial charge >= 0.3 is 0 Å². The monoisotopic (exact) mass is 189 g/mol. The van der Waals surface area contributed by atoms with Gasteiger partial charge in [-0.1, -0.05) is 12.1 Å². The molecule has 2 aromatic rings. The molecule has 0 unspecified atom stereocenters. The summed E-state index contributed by atoms with van der Waals surface area (Å²) in [5.74, 6) is 0. The lowest BCUT2D eigenvalue weighted by atomic mass is 10.1. The first kappa shape index (κ1) is 8.83. The molecule has 0 spiro atoms. The van der Waals surface area contributed by atoms with E-state index in [2.05, 4.69) is 15.5 Å². The van der Waals surface area contributed by atoms with E-state index in [9.17, 15) is 0 Å². The zero-order valence-electron chi connectivity index (χ0n) is 7.88. The average Bonchev–Trinajstić information content (AvgIpc) is 2.70. The lowest BCUT2D eigenvalue weighted by Crippen LogP contribution is -2.01.